The molecule has 3 heterocycles. The normalized spacial score (nSPS) is 16.3. The van der Waals surface area contributed by atoms with E-state index in [-0.39, 0.29) is 18.5 Å². The zero-order valence-corrected chi connectivity index (χ0v) is 22.0. The number of aromatic nitrogens is 4. The number of amides is 1. The monoisotopic (exact) mass is 492 g/mol. The quantitative estimate of drug-likeness (QED) is 0.372. The van der Waals surface area contributed by atoms with Gasteiger partial charge in [0.05, 0.1) is 18.1 Å². The number of rotatable bonds is 11. The molecular formula is C27H40N8O. The fraction of sp³-hybridized carbons (Fsp3) is 0.556. The molecule has 0 aliphatic carbocycles. The lowest BCUT2D eigenvalue weighted by Gasteiger charge is -2.33. The van der Waals surface area contributed by atoms with E-state index < -0.39 is 0 Å². The van der Waals surface area contributed by atoms with Crippen molar-refractivity contribution in [2.75, 3.05) is 43.4 Å². The summed E-state index contributed by atoms with van der Waals surface area (Å²) in [5.41, 5.74) is 2.98. The summed E-state index contributed by atoms with van der Waals surface area (Å²) in [6.07, 6.45) is 5.21. The van der Waals surface area contributed by atoms with Crippen molar-refractivity contribution in [2.24, 2.45) is 11.8 Å². The molecule has 2 aromatic heterocycles. The summed E-state index contributed by atoms with van der Waals surface area (Å²) in [6.45, 7) is 13.8. The van der Waals surface area contributed by atoms with Crippen molar-refractivity contribution < 1.29 is 4.79 Å². The lowest BCUT2D eigenvalue weighted by Crippen LogP contribution is -2.47. The third-order valence-corrected chi connectivity index (χ3v) is 6.45. The number of nitrogens with zero attached hydrogens (tertiary/aromatic N) is 5. The molecule has 0 saturated carbocycles. The van der Waals surface area contributed by atoms with Crippen LogP contribution in [0, 0.1) is 11.8 Å². The highest BCUT2D eigenvalue weighted by Gasteiger charge is 2.24. The standard InChI is InChI=1S/C27H40N8O/c1-19(2)14-34(15-20(3)4)16-21-8-5-6-10-24(21)28-13-25(36)35-11-7-9-22(17-35)32-26-23-12-31-33-27(23)30-18-29-26/h5-6,8,10,12,18-20,22,28H,7,9,11,13-17H2,1-4H3,(H2,29,30,31,32,33)/t22-/m0/s1. The molecule has 3 aromatic rings. The predicted octanol–water partition coefficient (Wildman–Crippen LogP) is 3.98. The SMILES string of the molecule is CC(C)CN(Cc1ccccc1NCC(=O)N1CCC[C@H](Nc2ncnc3[nH]ncc23)C1)CC(C)C. The lowest BCUT2D eigenvalue weighted by atomic mass is 10.1. The van der Waals surface area contributed by atoms with Crippen molar-refractivity contribution in [3.63, 3.8) is 0 Å². The van der Waals surface area contributed by atoms with E-state index >= 15 is 0 Å². The summed E-state index contributed by atoms with van der Waals surface area (Å²) in [6, 6.07) is 8.50. The Morgan fingerprint density at radius 3 is 2.72 bits per heavy atom. The molecule has 1 aromatic carbocycles. The highest BCUT2D eigenvalue weighted by Crippen LogP contribution is 2.22. The first kappa shape index (κ1) is 25.9. The van der Waals surface area contributed by atoms with Crippen LogP contribution in [0.2, 0.25) is 0 Å². The molecule has 1 saturated heterocycles. The number of carbonyl (C=O) groups excluding carboxylic acids is 1. The number of benzene rings is 1. The number of aromatic amines is 1. The number of hydrogen-bond acceptors (Lipinski definition) is 7. The van der Waals surface area contributed by atoms with Gasteiger partial charge in [0.1, 0.15) is 12.1 Å². The Hall–Kier alpha value is -3.20. The fourth-order valence-electron chi connectivity index (χ4n) is 4.99. The van der Waals surface area contributed by atoms with Gasteiger partial charge in [-0.1, -0.05) is 45.9 Å². The number of piperidine rings is 1. The first-order valence-corrected chi connectivity index (χ1v) is 13.1. The Bertz CT molecular complexity index is 1120. The van der Waals surface area contributed by atoms with Crippen molar-refractivity contribution in [1.29, 1.82) is 0 Å². The second-order valence-corrected chi connectivity index (χ2v) is 10.7. The number of hydrogen-bond donors (Lipinski definition) is 3. The average Bonchev–Trinajstić information content (AvgIpc) is 3.33. The van der Waals surface area contributed by atoms with Crippen LogP contribution in [-0.2, 0) is 11.3 Å². The Morgan fingerprint density at radius 2 is 1.94 bits per heavy atom. The largest absolute Gasteiger partial charge is 0.376 e. The molecule has 4 rings (SSSR count). The molecule has 9 nitrogen and oxygen atoms in total. The third kappa shape index (κ3) is 6.94. The van der Waals surface area contributed by atoms with Gasteiger partial charge in [-0.2, -0.15) is 5.10 Å². The van der Waals surface area contributed by atoms with Crippen molar-refractivity contribution in [3.8, 4) is 0 Å². The second-order valence-electron chi connectivity index (χ2n) is 10.7. The maximum Gasteiger partial charge on any atom is 0.241 e. The summed E-state index contributed by atoms with van der Waals surface area (Å²) < 4.78 is 0. The van der Waals surface area contributed by atoms with Crippen LogP contribution in [0.25, 0.3) is 11.0 Å². The molecule has 3 N–H and O–H groups in total. The van der Waals surface area contributed by atoms with Crippen molar-refractivity contribution in [3.05, 3.63) is 42.4 Å². The van der Waals surface area contributed by atoms with Gasteiger partial charge in [-0.3, -0.25) is 14.8 Å². The van der Waals surface area contributed by atoms with E-state index in [1.54, 1.807) is 6.20 Å². The van der Waals surface area contributed by atoms with Gasteiger partial charge in [-0.15, -0.1) is 0 Å². The first-order chi connectivity index (χ1) is 17.4. The van der Waals surface area contributed by atoms with E-state index in [9.17, 15) is 4.79 Å². The number of para-hydroxylation sites is 1. The van der Waals surface area contributed by atoms with Gasteiger partial charge < -0.3 is 15.5 Å². The third-order valence-electron chi connectivity index (χ3n) is 6.45. The molecule has 194 valence electrons. The fourth-order valence-corrected chi connectivity index (χ4v) is 4.99. The number of nitrogens with one attached hydrogen (secondary N) is 3. The topological polar surface area (TPSA) is 102 Å². The maximum absolute atomic E-state index is 13.1. The van der Waals surface area contributed by atoms with Gasteiger partial charge >= 0.3 is 0 Å². The zero-order valence-electron chi connectivity index (χ0n) is 22.0. The molecule has 9 heteroatoms. The summed E-state index contributed by atoms with van der Waals surface area (Å²) >= 11 is 0. The molecule has 0 unspecified atom stereocenters. The minimum Gasteiger partial charge on any atom is -0.376 e. The minimum atomic E-state index is 0.119. The van der Waals surface area contributed by atoms with Crippen LogP contribution in [0.15, 0.2) is 36.8 Å². The predicted molar refractivity (Wildman–Crippen MR) is 145 cm³/mol. The van der Waals surface area contributed by atoms with E-state index in [2.05, 4.69) is 81.6 Å². The molecule has 1 aliphatic rings. The lowest BCUT2D eigenvalue weighted by molar-refractivity contribution is -0.130. The Balaban J connectivity index is 1.34. The Labute approximate surface area is 214 Å². The number of H-pyrrole nitrogens is 1. The van der Waals surface area contributed by atoms with Gasteiger partial charge in [0.2, 0.25) is 5.91 Å². The van der Waals surface area contributed by atoms with Gasteiger partial charge in [-0.25, -0.2) is 9.97 Å². The number of likely N-dealkylation sites (tertiary alicyclic amines) is 1. The van der Waals surface area contributed by atoms with Crippen LogP contribution in [0.3, 0.4) is 0 Å². The molecule has 1 aliphatic heterocycles. The minimum absolute atomic E-state index is 0.119. The average molecular weight is 493 g/mol. The van der Waals surface area contributed by atoms with Crippen molar-refractivity contribution >= 4 is 28.4 Å². The van der Waals surface area contributed by atoms with Crippen molar-refractivity contribution in [2.45, 2.75) is 53.1 Å². The van der Waals surface area contributed by atoms with E-state index in [4.69, 9.17) is 0 Å². The van der Waals surface area contributed by atoms with E-state index in [1.165, 1.54) is 11.9 Å². The molecule has 1 fully saturated rings. The number of anilines is 2. The summed E-state index contributed by atoms with van der Waals surface area (Å²) in [5, 5.41) is 14.7. The highest BCUT2D eigenvalue weighted by molar-refractivity contribution is 5.85. The summed E-state index contributed by atoms with van der Waals surface area (Å²) in [5.74, 6) is 2.09. The van der Waals surface area contributed by atoms with E-state index in [0.29, 0.717) is 24.0 Å². The van der Waals surface area contributed by atoms with Gasteiger partial charge in [0.25, 0.3) is 0 Å². The smallest absolute Gasteiger partial charge is 0.241 e. The van der Waals surface area contributed by atoms with Crippen LogP contribution < -0.4 is 10.6 Å². The molecule has 0 spiro atoms. The van der Waals surface area contributed by atoms with Crippen molar-refractivity contribution in [1.82, 2.24) is 30.0 Å². The van der Waals surface area contributed by atoms with E-state index in [0.717, 1.165) is 55.9 Å². The summed E-state index contributed by atoms with van der Waals surface area (Å²) in [7, 11) is 0. The van der Waals surface area contributed by atoms with Crippen LogP contribution >= 0.6 is 0 Å². The molecular weight excluding hydrogens is 452 g/mol. The zero-order chi connectivity index (χ0) is 25.5. The van der Waals surface area contributed by atoms with Crippen LogP contribution in [0.4, 0.5) is 11.5 Å². The first-order valence-electron chi connectivity index (χ1n) is 13.1. The van der Waals surface area contributed by atoms with Crippen LogP contribution in [0.5, 0.6) is 0 Å². The van der Waals surface area contributed by atoms with Gasteiger partial charge in [0.15, 0.2) is 5.65 Å². The molecule has 1 atom stereocenters. The van der Waals surface area contributed by atoms with Crippen LogP contribution in [-0.4, -0.2) is 74.6 Å². The molecule has 36 heavy (non-hydrogen) atoms. The molecule has 0 bridgehead atoms. The van der Waals surface area contributed by atoms with Crippen LogP contribution in [0.1, 0.15) is 46.1 Å². The summed E-state index contributed by atoms with van der Waals surface area (Å²) in [4.78, 5) is 26.2. The second kappa shape index (κ2) is 12.2. The number of fused-ring (bicyclic) bond motifs is 1. The van der Waals surface area contributed by atoms with Gasteiger partial charge in [0, 0.05) is 44.5 Å². The molecule has 0 radical (unpaired) electrons. The number of carbonyl (C=O) groups is 1. The van der Waals surface area contributed by atoms with E-state index in [1.807, 2.05) is 11.0 Å². The maximum atomic E-state index is 13.1. The highest BCUT2D eigenvalue weighted by atomic mass is 16.2. The Morgan fingerprint density at radius 1 is 1.17 bits per heavy atom. The van der Waals surface area contributed by atoms with Gasteiger partial charge in [-0.05, 0) is 36.3 Å². The Kier molecular flexibility index (Phi) is 8.74. The molecule has 1 amide bonds.